The number of hydrogen-bond acceptors (Lipinski definition) is 4. The first-order valence-corrected chi connectivity index (χ1v) is 7.42. The number of hydrogen-bond donors (Lipinski definition) is 0. The second-order valence-electron chi connectivity index (χ2n) is 6.33. The van der Waals surface area contributed by atoms with Gasteiger partial charge in [-0.25, -0.2) is 0 Å². The molecule has 5 nitrogen and oxygen atoms in total. The number of carbonyl (C=O) groups is 2. The predicted molar refractivity (Wildman–Crippen MR) is 69.7 cm³/mol. The highest BCUT2D eigenvalue weighted by Crippen LogP contribution is 2.53. The normalized spacial score (nSPS) is 42.5. The fourth-order valence-corrected chi connectivity index (χ4v) is 4.46. The van der Waals surface area contributed by atoms with Gasteiger partial charge in [0.05, 0.1) is 25.7 Å². The highest BCUT2D eigenvalue weighted by atomic mass is 16.5. The van der Waals surface area contributed by atoms with E-state index in [2.05, 4.69) is 0 Å². The summed E-state index contributed by atoms with van der Waals surface area (Å²) in [7, 11) is 1.37. The van der Waals surface area contributed by atoms with Crippen molar-refractivity contribution in [2.24, 2.45) is 11.8 Å². The van der Waals surface area contributed by atoms with Crippen LogP contribution in [0.15, 0.2) is 12.2 Å². The molecule has 4 rings (SSSR count). The summed E-state index contributed by atoms with van der Waals surface area (Å²) >= 11 is 0. The van der Waals surface area contributed by atoms with Crippen molar-refractivity contribution in [3.8, 4) is 0 Å². The number of carbonyl (C=O) groups excluding carboxylic acids is 2. The van der Waals surface area contributed by atoms with E-state index >= 15 is 0 Å². The van der Waals surface area contributed by atoms with Crippen LogP contribution in [0, 0.1) is 11.8 Å². The topological polar surface area (TPSA) is 55.8 Å². The molecule has 1 spiro atoms. The molecule has 5 heteroatoms. The molecule has 108 valence electrons. The fraction of sp³-hybridized carbons (Fsp3) is 0.733. The Morgan fingerprint density at radius 3 is 2.90 bits per heavy atom. The molecule has 20 heavy (non-hydrogen) atoms. The van der Waals surface area contributed by atoms with E-state index in [0.717, 1.165) is 12.8 Å². The molecular formula is C15H19NO4. The van der Waals surface area contributed by atoms with Crippen molar-refractivity contribution in [3.05, 3.63) is 12.2 Å². The van der Waals surface area contributed by atoms with Crippen molar-refractivity contribution >= 4 is 11.9 Å². The molecule has 2 saturated heterocycles. The van der Waals surface area contributed by atoms with Crippen LogP contribution in [0.5, 0.6) is 0 Å². The molecule has 0 N–H and O–H groups in total. The maximum Gasteiger partial charge on any atom is 0.312 e. The molecule has 0 aromatic carbocycles. The van der Waals surface area contributed by atoms with E-state index in [1.807, 2.05) is 17.1 Å². The molecule has 2 bridgehead atoms. The lowest BCUT2D eigenvalue weighted by molar-refractivity contribution is -0.151. The number of likely N-dealkylation sites (tertiary alicyclic amines) is 1. The van der Waals surface area contributed by atoms with E-state index in [9.17, 15) is 9.59 Å². The molecule has 3 aliphatic heterocycles. The van der Waals surface area contributed by atoms with Gasteiger partial charge < -0.3 is 14.4 Å². The zero-order valence-electron chi connectivity index (χ0n) is 11.6. The van der Waals surface area contributed by atoms with Crippen LogP contribution in [0.2, 0.25) is 0 Å². The molecule has 4 atom stereocenters. The Morgan fingerprint density at radius 1 is 1.45 bits per heavy atom. The molecule has 1 unspecified atom stereocenters. The second-order valence-corrected chi connectivity index (χ2v) is 6.33. The summed E-state index contributed by atoms with van der Waals surface area (Å²) in [5.74, 6) is -1.10. The number of nitrogens with zero attached hydrogens (tertiary/aromatic N) is 1. The van der Waals surface area contributed by atoms with Crippen molar-refractivity contribution in [3.63, 3.8) is 0 Å². The van der Waals surface area contributed by atoms with Gasteiger partial charge in [-0.3, -0.25) is 9.59 Å². The highest BCUT2D eigenvalue weighted by Gasteiger charge is 2.67. The van der Waals surface area contributed by atoms with E-state index in [1.165, 1.54) is 20.0 Å². The predicted octanol–water partition coefficient (Wildman–Crippen LogP) is 0.884. The van der Waals surface area contributed by atoms with Gasteiger partial charge in [0, 0.05) is 6.04 Å². The average molecular weight is 277 g/mol. The lowest BCUT2D eigenvalue weighted by Crippen LogP contribution is -2.40. The van der Waals surface area contributed by atoms with Gasteiger partial charge in [-0.05, 0) is 12.8 Å². The van der Waals surface area contributed by atoms with E-state index in [0.29, 0.717) is 12.6 Å². The lowest BCUT2D eigenvalue weighted by atomic mass is 9.77. The molecule has 0 aromatic rings. The van der Waals surface area contributed by atoms with Crippen LogP contribution in [-0.4, -0.2) is 48.2 Å². The van der Waals surface area contributed by atoms with Gasteiger partial charge in [0.25, 0.3) is 0 Å². The highest BCUT2D eigenvalue weighted by molar-refractivity contribution is 5.91. The smallest absolute Gasteiger partial charge is 0.312 e. The van der Waals surface area contributed by atoms with Gasteiger partial charge >= 0.3 is 5.97 Å². The van der Waals surface area contributed by atoms with Gasteiger partial charge in [0.1, 0.15) is 11.5 Å². The minimum Gasteiger partial charge on any atom is -0.469 e. The van der Waals surface area contributed by atoms with Crippen LogP contribution in [0.25, 0.3) is 0 Å². The quantitative estimate of drug-likeness (QED) is 0.555. The van der Waals surface area contributed by atoms with Gasteiger partial charge in [-0.1, -0.05) is 25.0 Å². The summed E-state index contributed by atoms with van der Waals surface area (Å²) in [5.41, 5.74) is -0.580. The van der Waals surface area contributed by atoms with Crippen molar-refractivity contribution in [2.45, 2.75) is 43.4 Å². The Morgan fingerprint density at radius 2 is 2.20 bits per heavy atom. The molecule has 0 aromatic heterocycles. The molecule has 3 fully saturated rings. The Balaban J connectivity index is 1.67. The first-order chi connectivity index (χ1) is 9.66. The molecule has 0 radical (unpaired) electrons. The van der Waals surface area contributed by atoms with Crippen molar-refractivity contribution < 1.29 is 19.1 Å². The van der Waals surface area contributed by atoms with E-state index in [-0.39, 0.29) is 23.9 Å². The van der Waals surface area contributed by atoms with Crippen LogP contribution in [0.3, 0.4) is 0 Å². The Kier molecular flexibility index (Phi) is 2.52. The van der Waals surface area contributed by atoms with Crippen molar-refractivity contribution in [1.29, 1.82) is 0 Å². The first kappa shape index (κ1) is 12.4. The maximum atomic E-state index is 12.8. The summed E-state index contributed by atoms with van der Waals surface area (Å²) < 4.78 is 10.9. The molecule has 4 aliphatic rings. The third kappa shape index (κ3) is 1.41. The molecule has 1 amide bonds. The summed E-state index contributed by atoms with van der Waals surface area (Å²) in [6, 6.07) is 0.330. The number of fused-ring (bicyclic) bond motifs is 1. The third-order valence-corrected chi connectivity index (χ3v) is 5.37. The molecule has 1 aliphatic carbocycles. The second kappa shape index (κ2) is 4.07. The van der Waals surface area contributed by atoms with Crippen molar-refractivity contribution in [1.82, 2.24) is 4.90 Å². The minimum absolute atomic E-state index is 0.0825. The van der Waals surface area contributed by atoms with Crippen LogP contribution in [-0.2, 0) is 19.1 Å². The summed E-state index contributed by atoms with van der Waals surface area (Å²) in [6.45, 7) is 0.599. The number of amides is 1. The number of rotatable bonds is 2. The van der Waals surface area contributed by atoms with Gasteiger partial charge in [-0.2, -0.15) is 0 Å². The standard InChI is InChI=1S/C15H19NO4/c1-19-14(18)11-10-6-7-15(20-10)8-16(13(17)12(11)15)9-4-2-3-5-9/h6-7,9-12H,2-5,8H2,1H3/t10-,11?,12+,15-/m0/s1. The van der Waals surface area contributed by atoms with Crippen LogP contribution >= 0.6 is 0 Å². The maximum absolute atomic E-state index is 12.8. The van der Waals surface area contributed by atoms with Crippen LogP contribution in [0.4, 0.5) is 0 Å². The largest absolute Gasteiger partial charge is 0.469 e. The first-order valence-electron chi connectivity index (χ1n) is 7.42. The fourth-order valence-electron chi connectivity index (χ4n) is 4.46. The summed E-state index contributed by atoms with van der Waals surface area (Å²) in [5, 5.41) is 0. The number of esters is 1. The molecule has 1 saturated carbocycles. The van der Waals surface area contributed by atoms with Gasteiger partial charge in [0.15, 0.2) is 0 Å². The zero-order valence-corrected chi connectivity index (χ0v) is 11.6. The van der Waals surface area contributed by atoms with Crippen LogP contribution < -0.4 is 0 Å². The Bertz CT molecular complexity index is 496. The Labute approximate surface area is 117 Å². The number of methoxy groups -OCH3 is 1. The minimum atomic E-state index is -0.580. The zero-order chi connectivity index (χ0) is 13.9. The van der Waals surface area contributed by atoms with Crippen LogP contribution in [0.1, 0.15) is 25.7 Å². The molecule has 3 heterocycles. The monoisotopic (exact) mass is 277 g/mol. The SMILES string of the molecule is COC(=O)C1[C@@H]2C=C[C@@]3(CN(C4CCCC4)C(=O)[C@@H]13)O2. The number of ether oxygens (including phenoxy) is 2. The van der Waals surface area contributed by atoms with Gasteiger partial charge in [0.2, 0.25) is 5.91 Å². The Hall–Kier alpha value is -1.36. The summed E-state index contributed by atoms with van der Waals surface area (Å²) in [4.78, 5) is 26.8. The lowest BCUT2D eigenvalue weighted by Gasteiger charge is -2.26. The van der Waals surface area contributed by atoms with Crippen molar-refractivity contribution in [2.75, 3.05) is 13.7 Å². The van der Waals surface area contributed by atoms with E-state index < -0.39 is 11.5 Å². The van der Waals surface area contributed by atoms with E-state index in [1.54, 1.807) is 0 Å². The average Bonchev–Trinajstić information content (AvgIpc) is 3.18. The summed E-state index contributed by atoms with van der Waals surface area (Å²) in [6.07, 6.45) is 8.15. The molecular weight excluding hydrogens is 258 g/mol. The van der Waals surface area contributed by atoms with E-state index in [4.69, 9.17) is 9.47 Å². The third-order valence-electron chi connectivity index (χ3n) is 5.37. The van der Waals surface area contributed by atoms with Gasteiger partial charge in [-0.15, -0.1) is 0 Å².